The lowest BCUT2D eigenvalue weighted by molar-refractivity contribution is 0.471. The third kappa shape index (κ3) is 4.06. The number of phenolic OH excluding ortho intramolecular Hbond substituents is 1. The standard InChI is InChI=1S/C20H15NO10S3/c21-20-18-12(6-13(9-15(18)22)32(23,24)25)8-17(34(29,30)31)19(20)11-5-4-10-2-1-3-16(14(10)7-11)33(26,27)28/h1-9,22H,21H2,(H,23,24,25)(H,26,27,28)(H,29,30,31). The van der Waals surface area contributed by atoms with E-state index < -0.39 is 50.8 Å². The van der Waals surface area contributed by atoms with Crippen molar-refractivity contribution in [2.75, 3.05) is 5.73 Å². The number of nitrogens with two attached hydrogens (primary N) is 1. The van der Waals surface area contributed by atoms with Gasteiger partial charge in [0, 0.05) is 22.4 Å². The number of hydrogen-bond acceptors (Lipinski definition) is 8. The van der Waals surface area contributed by atoms with Crippen molar-refractivity contribution in [1.82, 2.24) is 0 Å². The van der Waals surface area contributed by atoms with Crippen molar-refractivity contribution in [3.8, 4) is 16.9 Å². The molecule has 11 nitrogen and oxygen atoms in total. The Morgan fingerprint density at radius 1 is 0.676 bits per heavy atom. The van der Waals surface area contributed by atoms with E-state index in [9.17, 15) is 44.0 Å². The molecule has 0 aromatic heterocycles. The van der Waals surface area contributed by atoms with E-state index in [4.69, 9.17) is 5.73 Å². The summed E-state index contributed by atoms with van der Waals surface area (Å²) in [5, 5.41) is 10.4. The molecule has 4 aromatic carbocycles. The van der Waals surface area contributed by atoms with Crippen molar-refractivity contribution in [3.05, 3.63) is 54.6 Å². The zero-order chi connectivity index (χ0) is 25.2. The molecule has 0 heterocycles. The number of anilines is 1. The Balaban J connectivity index is 2.17. The van der Waals surface area contributed by atoms with Gasteiger partial charge in [0.25, 0.3) is 30.4 Å². The zero-order valence-corrected chi connectivity index (χ0v) is 19.2. The van der Waals surface area contributed by atoms with Crippen molar-refractivity contribution in [2.45, 2.75) is 14.7 Å². The predicted octanol–water partition coefficient (Wildman–Crippen LogP) is 2.69. The average Bonchev–Trinajstić information content (AvgIpc) is 2.70. The van der Waals surface area contributed by atoms with E-state index in [0.717, 1.165) is 18.2 Å². The van der Waals surface area contributed by atoms with Crippen LogP contribution in [0.2, 0.25) is 0 Å². The summed E-state index contributed by atoms with van der Waals surface area (Å²) in [6.07, 6.45) is 0. The highest BCUT2D eigenvalue weighted by molar-refractivity contribution is 7.86. The van der Waals surface area contributed by atoms with Gasteiger partial charge in [0.15, 0.2) is 0 Å². The van der Waals surface area contributed by atoms with Crippen LogP contribution >= 0.6 is 0 Å². The van der Waals surface area contributed by atoms with Crippen molar-refractivity contribution in [2.24, 2.45) is 0 Å². The third-order valence-corrected chi connectivity index (χ3v) is 7.80. The molecule has 0 bridgehead atoms. The fourth-order valence-corrected chi connectivity index (χ4v) is 5.78. The van der Waals surface area contributed by atoms with Gasteiger partial charge in [-0.05, 0) is 40.6 Å². The van der Waals surface area contributed by atoms with E-state index in [1.165, 1.54) is 24.3 Å². The Hall–Kier alpha value is -3.27. The van der Waals surface area contributed by atoms with Crippen LogP contribution in [0, 0.1) is 0 Å². The quantitative estimate of drug-likeness (QED) is 0.193. The smallest absolute Gasteiger partial charge is 0.295 e. The zero-order valence-electron chi connectivity index (χ0n) is 16.7. The lowest BCUT2D eigenvalue weighted by Crippen LogP contribution is -2.06. The second kappa shape index (κ2) is 7.63. The summed E-state index contributed by atoms with van der Waals surface area (Å²) in [5.74, 6) is -0.704. The third-order valence-electron chi connectivity index (χ3n) is 5.18. The molecule has 178 valence electrons. The fourth-order valence-electron chi connectivity index (χ4n) is 3.77. The summed E-state index contributed by atoms with van der Waals surface area (Å²) in [7, 11) is -14.4. The normalized spacial score (nSPS) is 12.9. The van der Waals surface area contributed by atoms with E-state index >= 15 is 0 Å². The van der Waals surface area contributed by atoms with E-state index in [1.807, 2.05) is 0 Å². The first-order chi connectivity index (χ1) is 15.6. The number of hydrogen-bond donors (Lipinski definition) is 5. The van der Waals surface area contributed by atoms with Crippen molar-refractivity contribution >= 4 is 57.6 Å². The molecule has 0 radical (unpaired) electrons. The second-order valence-corrected chi connectivity index (χ2v) is 11.5. The molecule has 0 aliphatic rings. The Labute approximate surface area is 193 Å². The minimum absolute atomic E-state index is 0.00822. The van der Waals surface area contributed by atoms with Gasteiger partial charge >= 0.3 is 0 Å². The number of aromatic hydroxyl groups is 1. The summed E-state index contributed by atoms with van der Waals surface area (Å²) < 4.78 is 99.8. The maximum Gasteiger partial charge on any atom is 0.295 e. The highest BCUT2D eigenvalue weighted by Gasteiger charge is 2.25. The first-order valence-corrected chi connectivity index (χ1v) is 13.5. The Morgan fingerprint density at radius 3 is 1.91 bits per heavy atom. The summed E-state index contributed by atoms with van der Waals surface area (Å²) >= 11 is 0. The van der Waals surface area contributed by atoms with Gasteiger partial charge in [-0.2, -0.15) is 25.3 Å². The Bertz CT molecular complexity index is 1850. The van der Waals surface area contributed by atoms with Crippen molar-refractivity contribution in [1.29, 1.82) is 0 Å². The Kier molecular flexibility index (Phi) is 5.35. The minimum atomic E-state index is -4.99. The first kappa shape index (κ1) is 23.9. The molecule has 0 saturated carbocycles. The summed E-state index contributed by atoms with van der Waals surface area (Å²) in [4.78, 5) is -1.97. The number of fused-ring (bicyclic) bond motifs is 2. The largest absolute Gasteiger partial charge is 0.507 e. The van der Waals surface area contributed by atoms with Crippen LogP contribution in [0.15, 0.2) is 69.3 Å². The fraction of sp³-hybridized carbons (Fsp3) is 0. The van der Waals surface area contributed by atoms with Crippen LogP contribution in [0.25, 0.3) is 32.7 Å². The van der Waals surface area contributed by atoms with Crippen LogP contribution < -0.4 is 5.73 Å². The maximum atomic E-state index is 12.2. The predicted molar refractivity (Wildman–Crippen MR) is 122 cm³/mol. The molecule has 0 unspecified atom stereocenters. The van der Waals surface area contributed by atoms with Crippen LogP contribution in [0.5, 0.6) is 5.75 Å². The van der Waals surface area contributed by atoms with Gasteiger partial charge in [0.1, 0.15) is 15.5 Å². The van der Waals surface area contributed by atoms with Gasteiger partial charge in [-0.15, -0.1) is 0 Å². The molecule has 0 aliphatic heterocycles. The van der Waals surface area contributed by atoms with Crippen LogP contribution in [-0.2, 0) is 30.4 Å². The Morgan fingerprint density at radius 2 is 1.32 bits per heavy atom. The molecule has 0 atom stereocenters. The molecule has 0 amide bonds. The maximum absolute atomic E-state index is 12.2. The van der Waals surface area contributed by atoms with E-state index in [1.54, 1.807) is 6.07 Å². The molecule has 0 saturated heterocycles. The van der Waals surface area contributed by atoms with Gasteiger partial charge in [-0.3, -0.25) is 13.7 Å². The summed E-state index contributed by atoms with van der Waals surface area (Å²) in [6.45, 7) is 0. The molecule has 0 aliphatic carbocycles. The number of phenols is 1. The van der Waals surface area contributed by atoms with Crippen LogP contribution in [0.4, 0.5) is 5.69 Å². The van der Waals surface area contributed by atoms with Crippen LogP contribution in [-0.4, -0.2) is 44.0 Å². The van der Waals surface area contributed by atoms with E-state index in [0.29, 0.717) is 11.5 Å². The monoisotopic (exact) mass is 525 g/mol. The van der Waals surface area contributed by atoms with Crippen molar-refractivity contribution < 1.29 is 44.0 Å². The summed E-state index contributed by atoms with van der Waals surface area (Å²) in [5.41, 5.74) is 5.48. The van der Waals surface area contributed by atoms with Gasteiger partial charge in [-0.25, -0.2) is 0 Å². The molecular weight excluding hydrogens is 510 g/mol. The van der Waals surface area contributed by atoms with Gasteiger partial charge in [-0.1, -0.05) is 24.3 Å². The van der Waals surface area contributed by atoms with E-state index in [2.05, 4.69) is 0 Å². The highest BCUT2D eigenvalue weighted by Crippen LogP contribution is 2.43. The molecular formula is C20H15NO10S3. The van der Waals surface area contributed by atoms with Crippen LogP contribution in [0.3, 0.4) is 0 Å². The molecule has 6 N–H and O–H groups in total. The van der Waals surface area contributed by atoms with E-state index in [-0.39, 0.29) is 33.0 Å². The van der Waals surface area contributed by atoms with Gasteiger partial charge in [0.05, 0.1) is 10.6 Å². The highest BCUT2D eigenvalue weighted by atomic mass is 32.2. The molecule has 14 heteroatoms. The van der Waals surface area contributed by atoms with Crippen LogP contribution in [0.1, 0.15) is 0 Å². The SMILES string of the molecule is Nc1c(-c2ccc3cccc(S(=O)(=O)O)c3c2)c(S(=O)(=O)O)cc2cc(S(=O)(=O)O)cc(O)c12. The first-order valence-electron chi connectivity index (χ1n) is 9.14. The molecule has 4 rings (SSSR count). The average molecular weight is 526 g/mol. The van der Waals surface area contributed by atoms with Gasteiger partial charge < -0.3 is 10.8 Å². The number of benzene rings is 4. The molecule has 34 heavy (non-hydrogen) atoms. The van der Waals surface area contributed by atoms with Gasteiger partial charge in [0.2, 0.25) is 0 Å². The summed E-state index contributed by atoms with van der Waals surface area (Å²) in [6, 6.07) is 10.5. The topological polar surface area (TPSA) is 209 Å². The lowest BCUT2D eigenvalue weighted by Gasteiger charge is -2.16. The molecule has 0 spiro atoms. The minimum Gasteiger partial charge on any atom is -0.507 e. The number of nitrogen functional groups attached to an aromatic ring is 1. The molecule has 4 aromatic rings. The lowest BCUT2D eigenvalue weighted by atomic mass is 9.96. The molecule has 0 fully saturated rings. The number of rotatable bonds is 4. The van der Waals surface area contributed by atoms with Crippen molar-refractivity contribution in [3.63, 3.8) is 0 Å². The second-order valence-electron chi connectivity index (χ2n) is 7.32.